The smallest absolute Gasteiger partial charge is 0.307 e. The first kappa shape index (κ1) is 16.1. The maximum Gasteiger partial charge on any atom is 0.307 e. The average Bonchev–Trinajstić information content (AvgIpc) is 2.91. The molecule has 0 fully saturated rings. The van der Waals surface area contributed by atoms with Crippen molar-refractivity contribution in [2.24, 2.45) is 0 Å². The van der Waals surface area contributed by atoms with Gasteiger partial charge in [0, 0.05) is 16.5 Å². The Bertz CT molecular complexity index is 893. The minimum Gasteiger partial charge on any atom is -0.496 e. The molecular weight excluding hydrogens is 302 g/mol. The van der Waals surface area contributed by atoms with Gasteiger partial charge in [-0.1, -0.05) is 32.0 Å². The second-order valence-corrected chi connectivity index (χ2v) is 6.21. The molecule has 0 aliphatic carbocycles. The third kappa shape index (κ3) is 2.87. The zero-order valence-corrected chi connectivity index (χ0v) is 14.1. The summed E-state index contributed by atoms with van der Waals surface area (Å²) in [6, 6.07) is 13.8. The lowest BCUT2D eigenvalue weighted by molar-refractivity contribution is -0.136. The first-order valence-corrected chi connectivity index (χ1v) is 8.01. The van der Waals surface area contributed by atoms with Gasteiger partial charge in [0.2, 0.25) is 0 Å². The van der Waals surface area contributed by atoms with Gasteiger partial charge in [-0.05, 0) is 41.3 Å². The number of aromatic amines is 1. The van der Waals surface area contributed by atoms with Crippen LogP contribution in [-0.2, 0) is 11.2 Å². The zero-order valence-electron chi connectivity index (χ0n) is 14.1. The monoisotopic (exact) mass is 323 g/mol. The molecule has 3 aromatic rings. The second-order valence-electron chi connectivity index (χ2n) is 6.21. The van der Waals surface area contributed by atoms with Crippen LogP contribution >= 0.6 is 0 Å². The summed E-state index contributed by atoms with van der Waals surface area (Å²) >= 11 is 0. The highest BCUT2D eigenvalue weighted by molar-refractivity contribution is 5.95. The van der Waals surface area contributed by atoms with Crippen LogP contribution in [0, 0.1) is 0 Å². The lowest BCUT2D eigenvalue weighted by Crippen LogP contribution is -2.01. The number of nitrogens with one attached hydrogen (secondary N) is 1. The summed E-state index contributed by atoms with van der Waals surface area (Å²) in [5.74, 6) is 0.262. The fourth-order valence-corrected chi connectivity index (χ4v) is 3.04. The number of fused-ring (bicyclic) bond motifs is 1. The van der Waals surface area contributed by atoms with Crippen molar-refractivity contribution in [1.82, 2.24) is 4.98 Å². The van der Waals surface area contributed by atoms with Gasteiger partial charge < -0.3 is 14.8 Å². The second kappa shape index (κ2) is 6.40. The number of H-pyrrole nitrogens is 1. The number of methoxy groups -OCH3 is 1. The lowest BCUT2D eigenvalue weighted by atomic mass is 9.97. The van der Waals surface area contributed by atoms with Crippen LogP contribution < -0.4 is 4.74 Å². The van der Waals surface area contributed by atoms with Crippen molar-refractivity contribution in [2.75, 3.05) is 7.11 Å². The standard InChI is InChI=1S/C20H21NO3/c1-12(2)13-8-9-17-15(10-13)16(11-19(22)23)20(21-17)14-6-4-5-7-18(14)24-3/h4-10,12,21H,11H2,1-3H3,(H,22,23). The number of carboxylic acid groups (broad SMARTS) is 1. The van der Waals surface area contributed by atoms with Crippen molar-refractivity contribution in [3.05, 3.63) is 53.6 Å². The van der Waals surface area contributed by atoms with Gasteiger partial charge in [0.05, 0.1) is 19.2 Å². The summed E-state index contributed by atoms with van der Waals surface area (Å²) in [6.07, 6.45) is -0.0328. The molecule has 0 radical (unpaired) electrons. The van der Waals surface area contributed by atoms with E-state index < -0.39 is 5.97 Å². The molecular formula is C20H21NO3. The van der Waals surface area contributed by atoms with Crippen LogP contribution in [0.5, 0.6) is 5.75 Å². The highest BCUT2D eigenvalue weighted by Crippen LogP contribution is 2.36. The Hall–Kier alpha value is -2.75. The molecule has 0 unspecified atom stereocenters. The van der Waals surface area contributed by atoms with Crippen molar-refractivity contribution in [2.45, 2.75) is 26.2 Å². The molecule has 4 nitrogen and oxygen atoms in total. The SMILES string of the molecule is COc1ccccc1-c1[nH]c2ccc(C(C)C)cc2c1CC(=O)O. The van der Waals surface area contributed by atoms with E-state index in [9.17, 15) is 9.90 Å². The Labute approximate surface area is 141 Å². The topological polar surface area (TPSA) is 62.3 Å². The highest BCUT2D eigenvalue weighted by atomic mass is 16.5. The number of carboxylic acids is 1. The Morgan fingerprint density at radius 1 is 1.21 bits per heavy atom. The maximum atomic E-state index is 11.4. The number of ether oxygens (including phenoxy) is 1. The summed E-state index contributed by atoms with van der Waals surface area (Å²) in [5, 5.41) is 10.3. The molecule has 0 bridgehead atoms. The molecule has 0 spiro atoms. The minimum absolute atomic E-state index is 0.0328. The normalized spacial score (nSPS) is 11.2. The van der Waals surface area contributed by atoms with Crippen LogP contribution in [0.1, 0.15) is 30.9 Å². The predicted molar refractivity (Wildman–Crippen MR) is 95.7 cm³/mol. The summed E-state index contributed by atoms with van der Waals surface area (Å²) in [5.41, 5.74) is 4.62. The van der Waals surface area contributed by atoms with E-state index in [0.29, 0.717) is 5.92 Å². The van der Waals surface area contributed by atoms with Gasteiger partial charge in [-0.15, -0.1) is 0 Å². The maximum absolute atomic E-state index is 11.4. The van der Waals surface area contributed by atoms with E-state index in [0.717, 1.165) is 33.5 Å². The zero-order chi connectivity index (χ0) is 17.3. The molecule has 2 N–H and O–H groups in total. The van der Waals surface area contributed by atoms with E-state index in [1.165, 1.54) is 5.56 Å². The summed E-state index contributed by atoms with van der Waals surface area (Å²) in [4.78, 5) is 14.8. The van der Waals surface area contributed by atoms with E-state index >= 15 is 0 Å². The summed E-state index contributed by atoms with van der Waals surface area (Å²) < 4.78 is 5.45. The minimum atomic E-state index is -0.845. The summed E-state index contributed by atoms with van der Waals surface area (Å²) in [6.45, 7) is 4.26. The number of carbonyl (C=O) groups is 1. The quantitative estimate of drug-likeness (QED) is 0.721. The molecule has 1 heterocycles. The average molecular weight is 323 g/mol. The van der Waals surface area contributed by atoms with E-state index in [4.69, 9.17) is 4.74 Å². The first-order valence-electron chi connectivity index (χ1n) is 8.01. The van der Waals surface area contributed by atoms with Crippen molar-refractivity contribution in [3.8, 4) is 17.0 Å². The largest absolute Gasteiger partial charge is 0.496 e. The highest BCUT2D eigenvalue weighted by Gasteiger charge is 2.19. The molecule has 3 rings (SSSR count). The molecule has 2 aromatic carbocycles. The lowest BCUT2D eigenvalue weighted by Gasteiger charge is -2.09. The van der Waals surface area contributed by atoms with Crippen molar-refractivity contribution in [3.63, 3.8) is 0 Å². The molecule has 0 amide bonds. The van der Waals surface area contributed by atoms with Crippen LogP contribution in [0.2, 0.25) is 0 Å². The van der Waals surface area contributed by atoms with Gasteiger partial charge in [-0.25, -0.2) is 0 Å². The van der Waals surface area contributed by atoms with Crippen LogP contribution in [0.4, 0.5) is 0 Å². The number of rotatable bonds is 5. The van der Waals surface area contributed by atoms with Crippen molar-refractivity contribution < 1.29 is 14.6 Å². The number of aliphatic carboxylic acids is 1. The van der Waals surface area contributed by atoms with Gasteiger partial charge in [0.15, 0.2) is 0 Å². The number of hydrogen-bond donors (Lipinski definition) is 2. The Balaban J connectivity index is 2.28. The number of aromatic nitrogens is 1. The van der Waals surface area contributed by atoms with E-state index in [1.807, 2.05) is 30.3 Å². The third-order valence-electron chi connectivity index (χ3n) is 4.30. The van der Waals surface area contributed by atoms with E-state index in [2.05, 4.69) is 31.0 Å². The van der Waals surface area contributed by atoms with Gasteiger partial charge in [0.1, 0.15) is 5.75 Å². The Kier molecular flexibility index (Phi) is 4.30. The molecule has 0 atom stereocenters. The predicted octanol–water partition coefficient (Wildman–Crippen LogP) is 4.59. The molecule has 0 aliphatic rings. The van der Waals surface area contributed by atoms with Crippen molar-refractivity contribution >= 4 is 16.9 Å². The van der Waals surface area contributed by atoms with Crippen LogP contribution in [0.3, 0.4) is 0 Å². The molecule has 24 heavy (non-hydrogen) atoms. The third-order valence-corrected chi connectivity index (χ3v) is 4.30. The van der Waals surface area contributed by atoms with Gasteiger partial charge in [-0.3, -0.25) is 4.79 Å². The molecule has 4 heteroatoms. The molecule has 0 saturated carbocycles. The van der Waals surface area contributed by atoms with Crippen LogP contribution in [0.15, 0.2) is 42.5 Å². The van der Waals surface area contributed by atoms with E-state index in [-0.39, 0.29) is 6.42 Å². The Morgan fingerprint density at radius 3 is 2.62 bits per heavy atom. The Morgan fingerprint density at radius 2 is 1.96 bits per heavy atom. The fraction of sp³-hybridized carbons (Fsp3) is 0.250. The fourth-order valence-electron chi connectivity index (χ4n) is 3.04. The first-order chi connectivity index (χ1) is 11.5. The molecule has 124 valence electrons. The number of benzene rings is 2. The van der Waals surface area contributed by atoms with Crippen molar-refractivity contribution in [1.29, 1.82) is 0 Å². The number of para-hydroxylation sites is 1. The molecule has 1 aromatic heterocycles. The summed E-state index contributed by atoms with van der Waals surface area (Å²) in [7, 11) is 1.62. The number of hydrogen-bond acceptors (Lipinski definition) is 2. The van der Waals surface area contributed by atoms with E-state index in [1.54, 1.807) is 7.11 Å². The molecule has 0 aliphatic heterocycles. The van der Waals surface area contributed by atoms with Gasteiger partial charge in [0.25, 0.3) is 0 Å². The van der Waals surface area contributed by atoms with Crippen LogP contribution in [-0.4, -0.2) is 23.2 Å². The van der Waals surface area contributed by atoms with Gasteiger partial charge in [-0.2, -0.15) is 0 Å². The molecule has 0 saturated heterocycles. The van der Waals surface area contributed by atoms with Crippen LogP contribution in [0.25, 0.3) is 22.2 Å². The van der Waals surface area contributed by atoms with Gasteiger partial charge >= 0.3 is 5.97 Å².